The molecule has 1 saturated carbocycles. The van der Waals surface area contributed by atoms with Crippen molar-refractivity contribution >= 4 is 46.6 Å². The Hall–Kier alpha value is -5.16. The number of carbonyl (C=O) groups excluding carboxylic acids is 4. The van der Waals surface area contributed by atoms with Crippen LogP contribution in [0.4, 0.5) is 11.4 Å². The first-order valence-electron chi connectivity index (χ1n) is 20.6. The number of hydrogen-bond donors (Lipinski definition) is 3. The Morgan fingerprint density at radius 2 is 1.51 bits per heavy atom. The summed E-state index contributed by atoms with van der Waals surface area (Å²) in [5.41, 5.74) is 3.02. The van der Waals surface area contributed by atoms with Gasteiger partial charge in [0.15, 0.2) is 0 Å². The molecule has 0 bridgehead atoms. The second kappa shape index (κ2) is 15.8. The van der Waals surface area contributed by atoms with Gasteiger partial charge in [-0.25, -0.2) is 0 Å². The molecule has 4 aliphatic heterocycles. The quantitative estimate of drug-likeness (QED) is 0.250. The van der Waals surface area contributed by atoms with Gasteiger partial charge in [-0.3, -0.25) is 29.0 Å². The lowest BCUT2D eigenvalue weighted by molar-refractivity contribution is -0.164. The molecule has 3 aromatic rings. The van der Waals surface area contributed by atoms with Gasteiger partial charge in [0.2, 0.25) is 5.91 Å². The first-order valence-corrected chi connectivity index (χ1v) is 21.0. The molecule has 0 aromatic heterocycles. The maximum atomic E-state index is 13.5. The first-order chi connectivity index (χ1) is 28.1. The number of piperidine rings is 2. The topological polar surface area (TPSA) is 159 Å². The maximum absolute atomic E-state index is 13.5. The Labute approximate surface area is 350 Å². The molecule has 310 valence electrons. The van der Waals surface area contributed by atoms with Crippen molar-refractivity contribution in [2.24, 2.45) is 16.7 Å². The largest absolute Gasteiger partial charge is 0.489 e. The van der Waals surface area contributed by atoms with Crippen LogP contribution in [0.25, 0.3) is 0 Å². The highest BCUT2D eigenvalue weighted by molar-refractivity contribution is 6.31. The lowest BCUT2D eigenvalue weighted by Crippen LogP contribution is -2.74. The fourth-order valence-corrected chi connectivity index (χ4v) is 10.6. The molecule has 8 rings (SSSR count). The number of nitriles is 1. The van der Waals surface area contributed by atoms with Crippen molar-refractivity contribution in [3.05, 3.63) is 87.9 Å². The smallest absolute Gasteiger partial charge is 0.262 e. The van der Waals surface area contributed by atoms with Crippen LogP contribution in [0.5, 0.6) is 5.75 Å². The molecule has 3 aromatic carbocycles. The summed E-state index contributed by atoms with van der Waals surface area (Å²) in [6, 6.07) is 19.6. The Kier molecular flexibility index (Phi) is 10.9. The number of fused-ring (bicyclic) bond motifs is 1. The summed E-state index contributed by atoms with van der Waals surface area (Å²) in [6.45, 7) is 14.8. The normalized spacial score (nSPS) is 25.5. The number of amides is 4. The average Bonchev–Trinajstić information content (AvgIpc) is 3.47. The van der Waals surface area contributed by atoms with Crippen LogP contribution < -0.4 is 25.2 Å². The van der Waals surface area contributed by atoms with Crippen LogP contribution in [0.2, 0.25) is 5.02 Å². The van der Waals surface area contributed by atoms with E-state index in [0.29, 0.717) is 38.9 Å². The number of aliphatic hydroxyl groups excluding tert-OH is 1. The van der Waals surface area contributed by atoms with E-state index in [4.69, 9.17) is 16.3 Å². The van der Waals surface area contributed by atoms with E-state index < -0.39 is 24.1 Å². The van der Waals surface area contributed by atoms with Gasteiger partial charge in [-0.1, -0.05) is 39.3 Å². The third-order valence-electron chi connectivity index (χ3n) is 13.4. The number of rotatable bonds is 9. The van der Waals surface area contributed by atoms with Crippen molar-refractivity contribution in [1.29, 1.82) is 5.26 Å². The van der Waals surface area contributed by atoms with Gasteiger partial charge in [0.1, 0.15) is 24.2 Å². The molecule has 2 unspecified atom stereocenters. The van der Waals surface area contributed by atoms with E-state index in [2.05, 4.69) is 59.1 Å². The summed E-state index contributed by atoms with van der Waals surface area (Å²) in [7, 11) is 0. The van der Waals surface area contributed by atoms with E-state index in [9.17, 15) is 29.5 Å². The SMILES string of the molecule is CC1(C)C(NC(=O)c2ccc(N3CCC(CN4CCN(c5ccc6c(c5)C(=O)N(C5CCC(=O)NC5O)C6=O)CC4)CC3)cc2)C(C)(C)C1Oc1ccc(C#N)c(Cl)c1. The zero-order chi connectivity index (χ0) is 41.8. The fraction of sp³-hybridized carbons (Fsp3) is 0.489. The van der Waals surface area contributed by atoms with Crippen LogP contribution in [0.3, 0.4) is 0 Å². The highest BCUT2D eigenvalue weighted by Gasteiger charge is 2.64. The summed E-state index contributed by atoms with van der Waals surface area (Å²) in [4.78, 5) is 60.0. The molecule has 5 aliphatic rings. The van der Waals surface area contributed by atoms with Crippen LogP contribution in [-0.4, -0.2) is 109 Å². The number of nitrogens with zero attached hydrogens (tertiary/aromatic N) is 5. The molecule has 1 aliphatic carbocycles. The van der Waals surface area contributed by atoms with Gasteiger partial charge >= 0.3 is 0 Å². The number of imide groups is 1. The van der Waals surface area contributed by atoms with Crippen molar-refractivity contribution < 1.29 is 29.0 Å². The second-order valence-electron chi connectivity index (χ2n) is 17.9. The zero-order valence-electron chi connectivity index (χ0n) is 34.0. The van der Waals surface area contributed by atoms with Gasteiger partial charge in [-0.05, 0) is 79.8 Å². The van der Waals surface area contributed by atoms with E-state index in [-0.39, 0.29) is 47.6 Å². The van der Waals surface area contributed by atoms with Crippen LogP contribution >= 0.6 is 11.6 Å². The van der Waals surface area contributed by atoms with Crippen molar-refractivity contribution in [2.45, 2.75) is 77.8 Å². The van der Waals surface area contributed by atoms with Crippen LogP contribution in [0, 0.1) is 28.1 Å². The van der Waals surface area contributed by atoms with E-state index in [1.165, 1.54) is 0 Å². The van der Waals surface area contributed by atoms with Gasteiger partial charge in [-0.2, -0.15) is 5.26 Å². The van der Waals surface area contributed by atoms with Gasteiger partial charge in [0, 0.05) is 92.1 Å². The summed E-state index contributed by atoms with van der Waals surface area (Å²) >= 11 is 6.25. The molecule has 0 radical (unpaired) electrons. The van der Waals surface area contributed by atoms with Gasteiger partial charge in [0.25, 0.3) is 17.7 Å². The summed E-state index contributed by atoms with van der Waals surface area (Å²) < 4.78 is 6.38. The minimum absolute atomic E-state index is 0.111. The second-order valence-corrected chi connectivity index (χ2v) is 18.3. The summed E-state index contributed by atoms with van der Waals surface area (Å²) in [6.07, 6.45) is 1.11. The highest BCUT2D eigenvalue weighted by Crippen LogP contribution is 2.55. The summed E-state index contributed by atoms with van der Waals surface area (Å²) in [5, 5.41) is 25.7. The number of aliphatic hydroxyl groups is 1. The highest BCUT2D eigenvalue weighted by atomic mass is 35.5. The van der Waals surface area contributed by atoms with E-state index in [0.717, 1.165) is 74.9 Å². The molecular formula is C45H52ClN7O6. The average molecular weight is 822 g/mol. The molecule has 0 spiro atoms. The van der Waals surface area contributed by atoms with Crippen molar-refractivity contribution in [3.8, 4) is 11.8 Å². The number of piperazine rings is 1. The number of hydrogen-bond acceptors (Lipinski definition) is 10. The minimum atomic E-state index is -1.27. The molecule has 3 N–H and O–H groups in total. The van der Waals surface area contributed by atoms with Gasteiger partial charge < -0.3 is 30.3 Å². The van der Waals surface area contributed by atoms with Crippen LogP contribution in [0.1, 0.15) is 90.0 Å². The fourth-order valence-electron chi connectivity index (χ4n) is 10.3. The third kappa shape index (κ3) is 7.62. The Balaban J connectivity index is 0.789. The number of carbonyl (C=O) groups is 4. The van der Waals surface area contributed by atoms with E-state index in [1.807, 2.05) is 30.3 Å². The molecule has 2 atom stereocenters. The Morgan fingerprint density at radius 3 is 2.15 bits per heavy atom. The van der Waals surface area contributed by atoms with Gasteiger partial charge in [0.05, 0.1) is 27.8 Å². The van der Waals surface area contributed by atoms with E-state index >= 15 is 0 Å². The molecule has 4 amide bonds. The molecule has 3 saturated heterocycles. The number of halogens is 1. The Bertz CT molecular complexity index is 2170. The number of nitrogens with one attached hydrogen (secondary N) is 2. The monoisotopic (exact) mass is 821 g/mol. The van der Waals surface area contributed by atoms with Crippen molar-refractivity contribution in [2.75, 3.05) is 55.6 Å². The molecule has 4 fully saturated rings. The summed E-state index contributed by atoms with van der Waals surface area (Å²) in [5.74, 6) is -0.0698. The lowest BCUT2D eigenvalue weighted by Gasteiger charge is -2.63. The molecule has 59 heavy (non-hydrogen) atoms. The molecule has 14 heteroatoms. The predicted octanol–water partition coefficient (Wildman–Crippen LogP) is 5.06. The van der Waals surface area contributed by atoms with Crippen molar-refractivity contribution in [3.63, 3.8) is 0 Å². The number of anilines is 2. The lowest BCUT2D eigenvalue weighted by atomic mass is 9.49. The standard InChI is InChI=1S/C45H52ClN7O6/c1-44(2)42(45(3,4)43(44)59-32-11-7-29(25-47)35(46)24-32)49-38(55)28-5-8-30(9-6-28)51-17-15-27(16-18-51)26-50-19-21-52(22-20-50)31-10-12-33-34(23-31)41(58)53(40(33)57)36-13-14-37(54)48-39(36)56/h5-12,23-24,27,36,39,42-43,56H,13-22,26H2,1-4H3,(H,48,54)(H,49,55). The molecular weight excluding hydrogens is 770 g/mol. The number of benzene rings is 3. The maximum Gasteiger partial charge on any atom is 0.262 e. The third-order valence-corrected chi connectivity index (χ3v) is 13.7. The van der Waals surface area contributed by atoms with Gasteiger partial charge in [-0.15, -0.1) is 0 Å². The van der Waals surface area contributed by atoms with Crippen LogP contribution in [-0.2, 0) is 4.79 Å². The van der Waals surface area contributed by atoms with Crippen LogP contribution in [0.15, 0.2) is 60.7 Å². The molecule has 13 nitrogen and oxygen atoms in total. The number of ether oxygens (including phenoxy) is 1. The minimum Gasteiger partial charge on any atom is -0.489 e. The van der Waals surface area contributed by atoms with Crippen molar-refractivity contribution in [1.82, 2.24) is 20.4 Å². The predicted molar refractivity (Wildman–Crippen MR) is 224 cm³/mol. The zero-order valence-corrected chi connectivity index (χ0v) is 34.8. The Morgan fingerprint density at radius 1 is 0.864 bits per heavy atom. The first kappa shape index (κ1) is 40.6. The molecule has 4 heterocycles. The van der Waals surface area contributed by atoms with E-state index in [1.54, 1.807) is 30.3 Å².